The van der Waals surface area contributed by atoms with Crippen LogP contribution >= 0.6 is 0 Å². The van der Waals surface area contributed by atoms with Gasteiger partial charge < -0.3 is 24.1 Å². The lowest BCUT2D eigenvalue weighted by atomic mass is 9.75. The molecule has 0 heterocycles. The van der Waals surface area contributed by atoms with Crippen molar-refractivity contribution >= 4 is 5.97 Å². The van der Waals surface area contributed by atoms with Gasteiger partial charge in [-0.15, -0.1) is 5.73 Å². The number of benzene rings is 2. The molecule has 1 N–H and O–H groups in total. The van der Waals surface area contributed by atoms with Gasteiger partial charge in [0, 0.05) is 5.92 Å². The molecule has 1 atom stereocenters. The van der Waals surface area contributed by atoms with E-state index in [9.17, 15) is 9.90 Å². The number of rotatable bonds is 8. The summed E-state index contributed by atoms with van der Waals surface area (Å²) in [6, 6.07) is 7.50. The number of hydrogen-bond acceptors (Lipinski definition) is 6. The molecule has 2 aromatic rings. The van der Waals surface area contributed by atoms with E-state index in [1.165, 1.54) is 7.11 Å². The highest BCUT2D eigenvalue weighted by Crippen LogP contribution is 2.46. The van der Waals surface area contributed by atoms with Gasteiger partial charge in [-0.05, 0) is 52.1 Å². The normalized spacial score (nSPS) is 12.4. The largest absolute Gasteiger partial charge is 0.507 e. The summed E-state index contributed by atoms with van der Waals surface area (Å²) in [4.78, 5) is 13.1. The van der Waals surface area contributed by atoms with Crippen LogP contribution < -0.4 is 14.2 Å². The first-order valence-corrected chi connectivity index (χ1v) is 12.0. The van der Waals surface area contributed by atoms with Crippen molar-refractivity contribution in [1.29, 1.82) is 0 Å². The van der Waals surface area contributed by atoms with Crippen LogP contribution in [0.3, 0.4) is 0 Å². The lowest BCUT2D eigenvalue weighted by molar-refractivity contribution is -0.138. The van der Waals surface area contributed by atoms with Gasteiger partial charge in [-0.25, -0.2) is 4.79 Å². The predicted octanol–water partition coefficient (Wildman–Crippen LogP) is 6.42. The number of ether oxygens (including phenoxy) is 4. The van der Waals surface area contributed by atoms with Crippen molar-refractivity contribution in [3.05, 3.63) is 64.4 Å². The lowest BCUT2D eigenvalue weighted by Crippen LogP contribution is -2.21. The van der Waals surface area contributed by atoms with Gasteiger partial charge >= 0.3 is 5.97 Å². The minimum atomic E-state index is -0.627. The average Bonchev–Trinajstić information content (AvgIpc) is 2.80. The summed E-state index contributed by atoms with van der Waals surface area (Å²) in [6.07, 6.45) is 0. The Morgan fingerprint density at radius 2 is 1.33 bits per heavy atom. The van der Waals surface area contributed by atoms with E-state index in [0.29, 0.717) is 22.8 Å². The van der Waals surface area contributed by atoms with E-state index in [-0.39, 0.29) is 28.8 Å². The molecular formula is C30H40O6. The Morgan fingerprint density at radius 3 is 1.67 bits per heavy atom. The molecule has 0 aliphatic carbocycles. The molecule has 0 spiro atoms. The number of carbonyl (C=O) groups is 1. The van der Waals surface area contributed by atoms with Gasteiger partial charge in [0.1, 0.15) is 5.75 Å². The van der Waals surface area contributed by atoms with Crippen LogP contribution in [0.2, 0.25) is 0 Å². The van der Waals surface area contributed by atoms with Crippen molar-refractivity contribution in [3.63, 3.8) is 0 Å². The molecule has 0 radical (unpaired) electrons. The molecule has 6 nitrogen and oxygen atoms in total. The molecule has 0 bridgehead atoms. The summed E-state index contributed by atoms with van der Waals surface area (Å²) in [7, 11) is 4.62. The average molecular weight is 497 g/mol. The fraction of sp³-hybridized carbons (Fsp3) is 0.467. The summed E-state index contributed by atoms with van der Waals surface area (Å²) in [5, 5.41) is 11.3. The molecule has 0 aliphatic heterocycles. The van der Waals surface area contributed by atoms with Crippen molar-refractivity contribution in [2.24, 2.45) is 0 Å². The van der Waals surface area contributed by atoms with Gasteiger partial charge in [0.25, 0.3) is 0 Å². The smallest absolute Gasteiger partial charge is 0.342 e. The highest BCUT2D eigenvalue weighted by Gasteiger charge is 2.33. The number of hydrogen-bond donors (Lipinski definition) is 1. The predicted molar refractivity (Wildman–Crippen MR) is 143 cm³/mol. The third kappa shape index (κ3) is 5.88. The van der Waals surface area contributed by atoms with Crippen LogP contribution in [-0.4, -0.2) is 39.0 Å². The van der Waals surface area contributed by atoms with Crippen LogP contribution in [0, 0.1) is 0 Å². The maximum absolute atomic E-state index is 13.1. The quantitative estimate of drug-likeness (QED) is 0.258. The molecule has 2 rings (SSSR count). The number of esters is 1. The highest BCUT2D eigenvalue weighted by molar-refractivity contribution is 5.91. The summed E-state index contributed by atoms with van der Waals surface area (Å²) in [6.45, 7) is 18.0. The van der Waals surface area contributed by atoms with E-state index in [2.05, 4.69) is 12.3 Å². The zero-order valence-electron chi connectivity index (χ0n) is 23.3. The molecule has 0 saturated carbocycles. The highest BCUT2D eigenvalue weighted by atomic mass is 16.5. The molecule has 0 unspecified atom stereocenters. The maximum atomic E-state index is 13.1. The van der Waals surface area contributed by atoms with E-state index in [0.717, 1.165) is 16.7 Å². The van der Waals surface area contributed by atoms with Gasteiger partial charge in [0.15, 0.2) is 11.5 Å². The van der Waals surface area contributed by atoms with Crippen LogP contribution in [0.25, 0.3) is 0 Å². The van der Waals surface area contributed by atoms with E-state index in [4.69, 9.17) is 18.9 Å². The number of methoxy groups -OCH3 is 3. The molecule has 36 heavy (non-hydrogen) atoms. The fourth-order valence-electron chi connectivity index (χ4n) is 4.26. The lowest BCUT2D eigenvalue weighted by Gasteiger charge is -2.30. The van der Waals surface area contributed by atoms with Gasteiger partial charge in [-0.3, -0.25) is 0 Å². The molecule has 0 saturated heterocycles. The third-order valence-corrected chi connectivity index (χ3v) is 6.08. The third-order valence-electron chi connectivity index (χ3n) is 6.08. The second kappa shape index (κ2) is 11.1. The van der Waals surface area contributed by atoms with Crippen LogP contribution in [0.4, 0.5) is 0 Å². The molecule has 0 aliphatic rings. The van der Waals surface area contributed by atoms with E-state index in [1.54, 1.807) is 21.1 Å². The number of carbonyl (C=O) groups excluding carboxylic acids is 1. The first kappa shape index (κ1) is 28.9. The van der Waals surface area contributed by atoms with Crippen LogP contribution in [0.1, 0.15) is 76.6 Å². The first-order chi connectivity index (χ1) is 16.7. The van der Waals surface area contributed by atoms with Crippen molar-refractivity contribution in [1.82, 2.24) is 0 Å². The number of aromatic hydroxyl groups is 1. The summed E-state index contributed by atoms with van der Waals surface area (Å²) < 4.78 is 22.1. The molecule has 0 fully saturated rings. The van der Waals surface area contributed by atoms with Gasteiger partial charge in [0.05, 0.1) is 33.5 Å². The summed E-state index contributed by atoms with van der Waals surface area (Å²) in [5.41, 5.74) is 5.40. The topological polar surface area (TPSA) is 74.2 Å². The molecular weight excluding hydrogens is 456 g/mol. The second-order valence-corrected chi connectivity index (χ2v) is 10.7. The SMILES string of the molecule is C=C=C(C(=O)OCC)[C@H](c1cc(OC)c(OC)c(OC)c1)c1cc(C(C)(C)C)c(O)c(C(C)(C)C)c1. The van der Waals surface area contributed by atoms with Crippen molar-refractivity contribution in [2.75, 3.05) is 27.9 Å². The van der Waals surface area contributed by atoms with Crippen molar-refractivity contribution in [3.8, 4) is 23.0 Å². The Morgan fingerprint density at radius 1 is 0.889 bits per heavy atom. The van der Waals surface area contributed by atoms with Crippen molar-refractivity contribution < 1.29 is 28.8 Å². The first-order valence-electron chi connectivity index (χ1n) is 12.0. The van der Waals surface area contributed by atoms with Gasteiger partial charge in [-0.2, -0.15) is 0 Å². The zero-order chi connectivity index (χ0) is 27.4. The molecule has 0 aromatic heterocycles. The van der Waals surface area contributed by atoms with Crippen LogP contribution in [0.5, 0.6) is 23.0 Å². The monoisotopic (exact) mass is 496 g/mol. The molecule has 6 heteroatoms. The van der Waals surface area contributed by atoms with Gasteiger partial charge in [0.2, 0.25) is 5.75 Å². The van der Waals surface area contributed by atoms with Crippen LogP contribution in [0.15, 0.2) is 42.1 Å². The summed E-state index contributed by atoms with van der Waals surface area (Å²) >= 11 is 0. The van der Waals surface area contributed by atoms with Crippen molar-refractivity contribution in [2.45, 2.75) is 65.2 Å². The van der Waals surface area contributed by atoms with E-state index in [1.807, 2.05) is 65.8 Å². The number of phenols is 1. The molecule has 2 aromatic carbocycles. The number of phenolic OH excluding ortho intramolecular Hbond substituents is 1. The van der Waals surface area contributed by atoms with E-state index < -0.39 is 11.9 Å². The van der Waals surface area contributed by atoms with Gasteiger partial charge in [-0.1, -0.05) is 60.3 Å². The minimum absolute atomic E-state index is 0.210. The van der Waals surface area contributed by atoms with Crippen LogP contribution in [-0.2, 0) is 20.4 Å². The Labute approximate surface area is 215 Å². The Balaban J connectivity index is 3.05. The Kier molecular flexibility index (Phi) is 8.93. The fourth-order valence-corrected chi connectivity index (χ4v) is 4.26. The minimum Gasteiger partial charge on any atom is -0.507 e. The Hall–Kier alpha value is -3.37. The maximum Gasteiger partial charge on any atom is 0.342 e. The van der Waals surface area contributed by atoms with E-state index >= 15 is 0 Å². The standard InChI is InChI=1S/C30H40O6/c1-12-20(28(32)36-13-2)25(19-16-23(33-9)27(35-11)24(17-19)34-10)18-14-21(29(3,4)5)26(31)22(15-18)30(6,7)8/h14-17,25,31H,1,13H2,2-11H3/t25-/m0/s1. The Bertz CT molecular complexity index is 1100. The zero-order valence-corrected chi connectivity index (χ0v) is 23.3. The summed E-state index contributed by atoms with van der Waals surface area (Å²) in [5.74, 6) is 0.457. The molecule has 196 valence electrons. The molecule has 0 amide bonds. The second-order valence-electron chi connectivity index (χ2n) is 10.7.